The quantitative estimate of drug-likeness (QED) is 0.860. The Kier molecular flexibility index (Phi) is 4.00. The summed E-state index contributed by atoms with van der Waals surface area (Å²) < 4.78 is 0. The van der Waals surface area contributed by atoms with E-state index in [0.29, 0.717) is 6.54 Å². The molecule has 1 aliphatic heterocycles. The highest BCUT2D eigenvalue weighted by molar-refractivity contribution is 5.83. The molecule has 0 saturated carbocycles. The van der Waals surface area contributed by atoms with E-state index in [1.807, 2.05) is 56.0 Å². The molecule has 1 amide bonds. The van der Waals surface area contributed by atoms with Crippen molar-refractivity contribution in [3.05, 3.63) is 48.6 Å². The lowest BCUT2D eigenvalue weighted by Crippen LogP contribution is -2.43. The summed E-state index contributed by atoms with van der Waals surface area (Å²) in [6.45, 7) is 10.5. The summed E-state index contributed by atoms with van der Waals surface area (Å²) in [4.78, 5) is 14.5. The fraction of sp³-hybridized carbons (Fsp3) is 0.471. The zero-order chi connectivity index (χ0) is 14.9. The second-order valence-corrected chi connectivity index (χ2v) is 6.40. The van der Waals surface area contributed by atoms with Crippen molar-refractivity contribution in [2.45, 2.75) is 32.4 Å². The van der Waals surface area contributed by atoms with Gasteiger partial charge in [0.2, 0.25) is 5.91 Å². The van der Waals surface area contributed by atoms with Crippen LogP contribution in [0.5, 0.6) is 0 Å². The van der Waals surface area contributed by atoms with Gasteiger partial charge < -0.3 is 10.0 Å². The van der Waals surface area contributed by atoms with Crippen LogP contribution in [0.25, 0.3) is 0 Å². The molecular formula is C17H23NO2. The maximum Gasteiger partial charge on any atom is 0.229 e. The van der Waals surface area contributed by atoms with Crippen LogP contribution in [0.4, 0.5) is 0 Å². The molecule has 108 valence electrons. The number of hydrogen-bond acceptors (Lipinski definition) is 2. The summed E-state index contributed by atoms with van der Waals surface area (Å²) in [7, 11) is 0. The third kappa shape index (κ3) is 2.63. The Bertz CT molecular complexity index is 489. The lowest BCUT2D eigenvalue weighted by Gasteiger charge is -2.32. The van der Waals surface area contributed by atoms with Crippen molar-refractivity contribution in [1.82, 2.24) is 4.90 Å². The molecule has 2 rings (SSSR count). The number of amides is 1. The van der Waals surface area contributed by atoms with E-state index in [4.69, 9.17) is 0 Å². The summed E-state index contributed by atoms with van der Waals surface area (Å²) in [5.41, 5.74) is 0.553. The Balaban J connectivity index is 2.30. The topological polar surface area (TPSA) is 40.5 Å². The summed E-state index contributed by atoms with van der Waals surface area (Å²) >= 11 is 0. The number of aliphatic hydroxyl groups excluding tert-OH is 1. The third-order valence-electron chi connectivity index (χ3n) is 4.00. The molecule has 0 aliphatic carbocycles. The second-order valence-electron chi connectivity index (χ2n) is 6.40. The first-order chi connectivity index (χ1) is 9.36. The molecular weight excluding hydrogens is 250 g/mol. The smallest absolute Gasteiger partial charge is 0.229 e. The number of rotatable bonds is 3. The van der Waals surface area contributed by atoms with Crippen molar-refractivity contribution < 1.29 is 9.90 Å². The second kappa shape index (κ2) is 5.41. The van der Waals surface area contributed by atoms with Crippen molar-refractivity contribution in [1.29, 1.82) is 0 Å². The Morgan fingerprint density at radius 2 is 1.95 bits per heavy atom. The van der Waals surface area contributed by atoms with Crippen LogP contribution in [0.15, 0.2) is 43.0 Å². The van der Waals surface area contributed by atoms with Crippen LogP contribution in [0.1, 0.15) is 32.4 Å². The molecule has 1 N–H and O–H groups in total. The zero-order valence-electron chi connectivity index (χ0n) is 12.4. The minimum atomic E-state index is -0.779. The fourth-order valence-electron chi connectivity index (χ4n) is 2.83. The monoisotopic (exact) mass is 273 g/mol. The number of hydrogen-bond donors (Lipinski definition) is 1. The molecule has 0 bridgehead atoms. The highest BCUT2D eigenvalue weighted by atomic mass is 16.3. The average molecular weight is 273 g/mol. The molecule has 3 atom stereocenters. The summed E-state index contributed by atoms with van der Waals surface area (Å²) in [5.74, 6) is -0.440. The van der Waals surface area contributed by atoms with Crippen LogP contribution in [0.3, 0.4) is 0 Å². The fourth-order valence-corrected chi connectivity index (χ4v) is 2.83. The van der Waals surface area contributed by atoms with Gasteiger partial charge in [-0.25, -0.2) is 0 Å². The highest BCUT2D eigenvalue weighted by Gasteiger charge is 2.46. The SMILES string of the molecule is C=C[C@@H]1CN(C(C)(C)C)C(=O)[C@H]1[C@H](O)c1ccccc1. The first-order valence-corrected chi connectivity index (χ1v) is 7.03. The van der Waals surface area contributed by atoms with Gasteiger partial charge in [-0.15, -0.1) is 6.58 Å². The maximum absolute atomic E-state index is 12.7. The van der Waals surface area contributed by atoms with E-state index in [2.05, 4.69) is 6.58 Å². The first-order valence-electron chi connectivity index (χ1n) is 7.03. The summed E-state index contributed by atoms with van der Waals surface area (Å²) in [6, 6.07) is 9.37. The van der Waals surface area contributed by atoms with Gasteiger partial charge >= 0.3 is 0 Å². The maximum atomic E-state index is 12.7. The predicted octanol–water partition coefficient (Wildman–Crippen LogP) is 2.78. The van der Waals surface area contributed by atoms with Crippen LogP contribution < -0.4 is 0 Å². The van der Waals surface area contributed by atoms with Crippen LogP contribution in [0.2, 0.25) is 0 Å². The number of carbonyl (C=O) groups excluding carboxylic acids is 1. The number of nitrogens with zero attached hydrogens (tertiary/aromatic N) is 1. The van der Waals surface area contributed by atoms with Crippen LogP contribution in [0, 0.1) is 11.8 Å². The van der Waals surface area contributed by atoms with Gasteiger partial charge in [-0.1, -0.05) is 36.4 Å². The summed E-state index contributed by atoms with van der Waals surface area (Å²) in [6.07, 6.45) is 1.01. The average Bonchev–Trinajstić information content (AvgIpc) is 2.75. The third-order valence-corrected chi connectivity index (χ3v) is 4.00. The first kappa shape index (κ1) is 14.8. The molecule has 20 heavy (non-hydrogen) atoms. The molecule has 0 aromatic heterocycles. The van der Waals surface area contributed by atoms with Gasteiger partial charge in [-0.05, 0) is 26.3 Å². The predicted molar refractivity (Wildman–Crippen MR) is 80.0 cm³/mol. The Morgan fingerprint density at radius 1 is 1.35 bits per heavy atom. The van der Waals surface area contributed by atoms with E-state index in [0.717, 1.165) is 5.56 Å². The molecule has 1 fully saturated rings. The molecule has 0 spiro atoms. The van der Waals surface area contributed by atoms with Crippen molar-refractivity contribution in [3.8, 4) is 0 Å². The molecule has 3 nitrogen and oxygen atoms in total. The number of aliphatic hydroxyl groups is 1. The normalized spacial score (nSPS) is 24.8. The van der Waals surface area contributed by atoms with E-state index >= 15 is 0 Å². The lowest BCUT2D eigenvalue weighted by atomic mass is 9.86. The van der Waals surface area contributed by atoms with E-state index in [9.17, 15) is 9.90 Å². The highest BCUT2D eigenvalue weighted by Crippen LogP contribution is 2.38. The van der Waals surface area contributed by atoms with Gasteiger partial charge in [0.15, 0.2) is 0 Å². The van der Waals surface area contributed by atoms with Crippen LogP contribution in [-0.2, 0) is 4.79 Å². The molecule has 0 unspecified atom stereocenters. The molecule has 3 heteroatoms. The molecule has 1 aliphatic rings. The molecule has 1 aromatic carbocycles. The van der Waals surface area contributed by atoms with E-state index in [1.165, 1.54) is 0 Å². The molecule has 1 saturated heterocycles. The Hall–Kier alpha value is -1.61. The van der Waals surface area contributed by atoms with Crippen molar-refractivity contribution >= 4 is 5.91 Å². The largest absolute Gasteiger partial charge is 0.388 e. The number of benzene rings is 1. The van der Waals surface area contributed by atoms with Gasteiger partial charge in [-0.2, -0.15) is 0 Å². The standard InChI is InChI=1S/C17H23NO2/c1-5-12-11-18(17(2,3)4)16(20)14(12)15(19)13-9-7-6-8-10-13/h5-10,12,14-15,19H,1,11H2,2-4H3/t12-,14-,15-/m1/s1. The van der Waals surface area contributed by atoms with Crippen molar-refractivity contribution in [2.24, 2.45) is 11.8 Å². The Labute approximate surface area is 120 Å². The van der Waals surface area contributed by atoms with E-state index < -0.39 is 12.0 Å². The molecule has 1 heterocycles. The molecule has 1 aromatic rings. The van der Waals surface area contributed by atoms with Crippen LogP contribution >= 0.6 is 0 Å². The van der Waals surface area contributed by atoms with E-state index in [1.54, 1.807) is 6.08 Å². The van der Waals surface area contributed by atoms with Gasteiger partial charge in [0.05, 0.1) is 12.0 Å². The van der Waals surface area contributed by atoms with E-state index in [-0.39, 0.29) is 17.4 Å². The minimum absolute atomic E-state index is 0.0127. The number of likely N-dealkylation sites (tertiary alicyclic amines) is 1. The van der Waals surface area contributed by atoms with Gasteiger partial charge in [0, 0.05) is 18.0 Å². The van der Waals surface area contributed by atoms with Crippen molar-refractivity contribution in [3.63, 3.8) is 0 Å². The minimum Gasteiger partial charge on any atom is -0.388 e. The van der Waals surface area contributed by atoms with Gasteiger partial charge in [-0.3, -0.25) is 4.79 Å². The van der Waals surface area contributed by atoms with Gasteiger partial charge in [0.25, 0.3) is 0 Å². The summed E-state index contributed by atoms with van der Waals surface area (Å²) in [5, 5.41) is 10.6. The zero-order valence-corrected chi connectivity index (χ0v) is 12.4. The lowest BCUT2D eigenvalue weighted by molar-refractivity contribution is -0.138. The van der Waals surface area contributed by atoms with Crippen LogP contribution in [-0.4, -0.2) is 28.0 Å². The van der Waals surface area contributed by atoms with Gasteiger partial charge in [0.1, 0.15) is 0 Å². The van der Waals surface area contributed by atoms with Crippen molar-refractivity contribution in [2.75, 3.05) is 6.54 Å². The Morgan fingerprint density at radius 3 is 2.45 bits per heavy atom. The molecule has 0 radical (unpaired) electrons. The number of carbonyl (C=O) groups is 1.